The average Bonchev–Trinajstić information content (AvgIpc) is 2.13. The first-order valence-electron chi connectivity index (χ1n) is 6.39. The van der Waals surface area contributed by atoms with E-state index in [0.29, 0.717) is 13.0 Å². The highest BCUT2D eigenvalue weighted by Gasteiger charge is 2.19. The zero-order valence-corrected chi connectivity index (χ0v) is 12.4. The second-order valence-electron chi connectivity index (χ2n) is 5.57. The highest BCUT2D eigenvalue weighted by molar-refractivity contribution is 5.76. The summed E-state index contributed by atoms with van der Waals surface area (Å²) in [4.78, 5) is 24.7. The molecular formula is C13H26N2O3. The van der Waals surface area contributed by atoms with Crippen LogP contribution in [0.5, 0.6) is 0 Å². The maximum atomic E-state index is 11.6. The van der Waals surface area contributed by atoms with Crippen molar-refractivity contribution < 1.29 is 14.3 Å². The van der Waals surface area contributed by atoms with Crippen molar-refractivity contribution in [1.82, 2.24) is 10.2 Å². The van der Waals surface area contributed by atoms with Gasteiger partial charge in [-0.2, -0.15) is 0 Å². The summed E-state index contributed by atoms with van der Waals surface area (Å²) in [6, 6.07) is -0.134. The summed E-state index contributed by atoms with van der Waals surface area (Å²) in [7, 11) is 1.74. The van der Waals surface area contributed by atoms with Crippen LogP contribution in [0.15, 0.2) is 0 Å². The predicted molar refractivity (Wildman–Crippen MR) is 71.4 cm³/mol. The number of hydrogen-bond acceptors (Lipinski definition) is 3. The zero-order chi connectivity index (χ0) is 14.3. The monoisotopic (exact) mass is 258 g/mol. The van der Waals surface area contributed by atoms with E-state index in [-0.39, 0.29) is 11.9 Å². The second kappa shape index (κ2) is 7.24. The molecule has 0 aromatic carbocycles. The van der Waals surface area contributed by atoms with E-state index >= 15 is 0 Å². The Morgan fingerprint density at radius 2 is 1.89 bits per heavy atom. The van der Waals surface area contributed by atoms with Gasteiger partial charge in [0.15, 0.2) is 0 Å². The average molecular weight is 258 g/mol. The molecule has 1 atom stereocenters. The van der Waals surface area contributed by atoms with E-state index in [4.69, 9.17) is 4.74 Å². The van der Waals surface area contributed by atoms with Gasteiger partial charge in [0, 0.05) is 26.1 Å². The highest BCUT2D eigenvalue weighted by atomic mass is 16.6. The van der Waals surface area contributed by atoms with Crippen molar-refractivity contribution in [2.75, 3.05) is 13.6 Å². The molecule has 0 aliphatic carbocycles. The number of rotatable bonds is 5. The van der Waals surface area contributed by atoms with E-state index in [2.05, 4.69) is 5.32 Å². The minimum absolute atomic E-state index is 0.0929. The van der Waals surface area contributed by atoms with Crippen LogP contribution in [-0.2, 0) is 9.53 Å². The fraction of sp³-hybridized carbons (Fsp3) is 0.846. The van der Waals surface area contributed by atoms with Gasteiger partial charge in [0.25, 0.3) is 0 Å². The van der Waals surface area contributed by atoms with Gasteiger partial charge in [-0.25, -0.2) is 4.79 Å². The topological polar surface area (TPSA) is 58.6 Å². The number of nitrogens with one attached hydrogen (secondary N) is 1. The summed E-state index contributed by atoms with van der Waals surface area (Å²) < 4.78 is 5.14. The molecule has 2 amide bonds. The molecule has 106 valence electrons. The van der Waals surface area contributed by atoms with Gasteiger partial charge in [-0.05, 0) is 34.1 Å². The third-order valence-electron chi connectivity index (χ3n) is 2.20. The second-order valence-corrected chi connectivity index (χ2v) is 5.57. The third-order valence-corrected chi connectivity index (χ3v) is 2.20. The Balaban J connectivity index is 4.07. The van der Waals surface area contributed by atoms with Crippen molar-refractivity contribution in [3.05, 3.63) is 0 Å². The number of likely N-dealkylation sites (N-methyl/N-ethyl adjacent to an activating group) is 1. The van der Waals surface area contributed by atoms with Crippen LogP contribution in [0.3, 0.4) is 0 Å². The lowest BCUT2D eigenvalue weighted by atomic mass is 10.2. The summed E-state index contributed by atoms with van der Waals surface area (Å²) in [5.74, 6) is 0.0929. The molecule has 0 aromatic rings. The largest absolute Gasteiger partial charge is 0.444 e. The number of ether oxygens (including phenoxy) is 1. The van der Waals surface area contributed by atoms with Gasteiger partial charge in [-0.1, -0.05) is 6.92 Å². The quantitative estimate of drug-likeness (QED) is 0.822. The minimum Gasteiger partial charge on any atom is -0.444 e. The van der Waals surface area contributed by atoms with Crippen LogP contribution in [0, 0.1) is 0 Å². The Kier molecular flexibility index (Phi) is 6.73. The van der Waals surface area contributed by atoms with Crippen LogP contribution in [0.4, 0.5) is 4.79 Å². The molecule has 0 aromatic heterocycles. The number of amides is 2. The molecule has 0 unspecified atom stereocenters. The Morgan fingerprint density at radius 3 is 2.33 bits per heavy atom. The normalized spacial score (nSPS) is 12.8. The van der Waals surface area contributed by atoms with Crippen LogP contribution in [0.25, 0.3) is 0 Å². The maximum absolute atomic E-state index is 11.6. The van der Waals surface area contributed by atoms with Crippen molar-refractivity contribution in [3.8, 4) is 0 Å². The summed E-state index contributed by atoms with van der Waals surface area (Å²) in [6.45, 7) is 9.74. The van der Waals surface area contributed by atoms with Crippen LogP contribution < -0.4 is 5.32 Å². The predicted octanol–water partition coefficient (Wildman–Crippen LogP) is 2.16. The van der Waals surface area contributed by atoms with E-state index in [1.807, 2.05) is 34.6 Å². The molecular weight excluding hydrogens is 232 g/mol. The molecule has 0 fully saturated rings. The lowest BCUT2D eigenvalue weighted by Gasteiger charge is -2.25. The lowest BCUT2D eigenvalue weighted by Crippen LogP contribution is -2.44. The molecule has 0 rings (SSSR count). The summed E-state index contributed by atoms with van der Waals surface area (Å²) in [6.07, 6.45) is 0.915. The van der Waals surface area contributed by atoms with Crippen molar-refractivity contribution in [1.29, 1.82) is 0 Å². The molecule has 18 heavy (non-hydrogen) atoms. The lowest BCUT2D eigenvalue weighted by molar-refractivity contribution is -0.130. The van der Waals surface area contributed by atoms with Crippen molar-refractivity contribution in [3.63, 3.8) is 0 Å². The van der Waals surface area contributed by atoms with Crippen LogP contribution in [-0.4, -0.2) is 42.1 Å². The van der Waals surface area contributed by atoms with Crippen molar-refractivity contribution in [2.45, 2.75) is 59.1 Å². The SMILES string of the molecule is CCCC(=O)N(C)C[C@H](C)NC(=O)OC(C)(C)C. The molecule has 0 heterocycles. The molecule has 5 heteroatoms. The van der Waals surface area contributed by atoms with E-state index < -0.39 is 11.7 Å². The molecule has 0 aliphatic rings. The third kappa shape index (κ3) is 7.92. The standard InChI is InChI=1S/C13H26N2O3/c1-7-8-11(16)15(6)9-10(2)14-12(17)18-13(3,4)5/h10H,7-9H2,1-6H3,(H,14,17)/t10-/m0/s1. The van der Waals surface area contributed by atoms with E-state index in [0.717, 1.165) is 6.42 Å². The summed E-state index contributed by atoms with van der Waals surface area (Å²) in [5, 5.41) is 2.71. The number of carbonyl (C=O) groups is 2. The molecule has 1 N–H and O–H groups in total. The van der Waals surface area contributed by atoms with Gasteiger partial charge in [0.05, 0.1) is 0 Å². The molecule has 0 saturated carbocycles. The van der Waals surface area contributed by atoms with Gasteiger partial charge in [-0.15, -0.1) is 0 Å². The number of carbonyl (C=O) groups excluding carboxylic acids is 2. The molecule has 0 aliphatic heterocycles. The number of alkyl carbamates (subject to hydrolysis) is 1. The fourth-order valence-corrected chi connectivity index (χ4v) is 1.47. The fourth-order valence-electron chi connectivity index (χ4n) is 1.47. The molecule has 0 bridgehead atoms. The first-order chi connectivity index (χ1) is 8.15. The van der Waals surface area contributed by atoms with Crippen molar-refractivity contribution >= 4 is 12.0 Å². The number of nitrogens with zero attached hydrogens (tertiary/aromatic N) is 1. The Labute approximate surface area is 110 Å². The Bertz CT molecular complexity index is 284. The van der Waals surface area contributed by atoms with Crippen LogP contribution >= 0.6 is 0 Å². The van der Waals surface area contributed by atoms with Gasteiger partial charge in [0.1, 0.15) is 5.60 Å². The van der Waals surface area contributed by atoms with E-state index in [1.165, 1.54) is 0 Å². The highest BCUT2D eigenvalue weighted by Crippen LogP contribution is 2.07. The van der Waals surface area contributed by atoms with Crippen LogP contribution in [0.1, 0.15) is 47.5 Å². The molecule has 0 saturated heterocycles. The summed E-state index contributed by atoms with van der Waals surface area (Å²) >= 11 is 0. The van der Waals surface area contributed by atoms with Crippen LogP contribution in [0.2, 0.25) is 0 Å². The molecule has 0 radical (unpaired) electrons. The first kappa shape index (κ1) is 16.7. The molecule has 0 spiro atoms. The Morgan fingerprint density at radius 1 is 1.33 bits per heavy atom. The van der Waals surface area contributed by atoms with Gasteiger partial charge < -0.3 is 15.0 Å². The van der Waals surface area contributed by atoms with Gasteiger partial charge in [0.2, 0.25) is 5.91 Å². The van der Waals surface area contributed by atoms with Crippen molar-refractivity contribution in [2.24, 2.45) is 0 Å². The van der Waals surface area contributed by atoms with Gasteiger partial charge >= 0.3 is 6.09 Å². The smallest absolute Gasteiger partial charge is 0.407 e. The van der Waals surface area contributed by atoms with E-state index in [9.17, 15) is 9.59 Å². The number of hydrogen-bond donors (Lipinski definition) is 1. The van der Waals surface area contributed by atoms with E-state index in [1.54, 1.807) is 11.9 Å². The molecule has 5 nitrogen and oxygen atoms in total. The minimum atomic E-state index is -0.506. The summed E-state index contributed by atoms with van der Waals surface area (Å²) in [5.41, 5.74) is -0.506. The van der Waals surface area contributed by atoms with Gasteiger partial charge in [-0.3, -0.25) is 4.79 Å². The maximum Gasteiger partial charge on any atom is 0.407 e. The first-order valence-corrected chi connectivity index (χ1v) is 6.39. The zero-order valence-electron chi connectivity index (χ0n) is 12.4. The Hall–Kier alpha value is -1.26.